The molecule has 21 heavy (non-hydrogen) atoms. The number of unbranched alkanes of at least 4 members (excludes halogenated alkanes) is 7. The zero-order valence-electron chi connectivity index (χ0n) is 15.1. The number of nitrogens with zero attached hydrogens (tertiary/aromatic N) is 1. The summed E-state index contributed by atoms with van der Waals surface area (Å²) in [6.07, 6.45) is 11.4. The first-order valence-electron chi connectivity index (χ1n) is 9.09. The lowest BCUT2D eigenvalue weighted by Crippen LogP contribution is -2.47. The average molecular weight is 303 g/mol. The van der Waals surface area contributed by atoms with Gasteiger partial charge in [-0.3, -0.25) is 0 Å². The van der Waals surface area contributed by atoms with E-state index in [4.69, 9.17) is 4.74 Å². The number of ether oxygens (including phenoxy) is 1. The van der Waals surface area contributed by atoms with E-state index in [1.54, 1.807) is 0 Å². The van der Waals surface area contributed by atoms with Gasteiger partial charge in [-0.25, -0.2) is 0 Å². The van der Waals surface area contributed by atoms with E-state index in [0.29, 0.717) is 0 Å². The molecular weight excluding hydrogens is 262 g/mol. The fourth-order valence-corrected chi connectivity index (χ4v) is 2.72. The van der Waals surface area contributed by atoms with Gasteiger partial charge < -0.3 is 14.3 Å². The average Bonchev–Trinajstić information content (AvgIpc) is 2.41. The fourth-order valence-electron chi connectivity index (χ4n) is 2.72. The number of quaternary nitrogens is 1. The van der Waals surface area contributed by atoms with Crippen molar-refractivity contribution >= 4 is 0 Å². The molecule has 0 aromatic carbocycles. The van der Waals surface area contributed by atoms with Crippen molar-refractivity contribution < 1.29 is 14.3 Å². The summed E-state index contributed by atoms with van der Waals surface area (Å²) in [5, 5.41) is 10.2. The monoisotopic (exact) mass is 302 g/mol. The Balaban J connectivity index is 3.49. The Labute approximate surface area is 133 Å². The van der Waals surface area contributed by atoms with Gasteiger partial charge in [-0.15, -0.1) is 0 Å². The summed E-state index contributed by atoms with van der Waals surface area (Å²) < 4.78 is 6.25. The van der Waals surface area contributed by atoms with Gasteiger partial charge in [0.15, 0.2) is 0 Å². The Morgan fingerprint density at radius 3 is 2.05 bits per heavy atom. The second kappa shape index (κ2) is 13.5. The normalized spacial score (nSPS) is 13.6. The molecule has 0 aliphatic heterocycles. The molecule has 0 aromatic rings. The van der Waals surface area contributed by atoms with Crippen LogP contribution in [0.1, 0.15) is 71.6 Å². The lowest BCUT2D eigenvalue weighted by atomic mass is 10.1. The molecule has 128 valence electrons. The molecule has 0 radical (unpaired) electrons. The zero-order chi connectivity index (χ0) is 16.0. The number of aliphatic hydroxyl groups excluding tert-OH is 1. The highest BCUT2D eigenvalue weighted by Gasteiger charge is 2.19. The van der Waals surface area contributed by atoms with Crippen molar-refractivity contribution in [3.8, 4) is 0 Å². The highest BCUT2D eigenvalue weighted by atomic mass is 16.5. The molecule has 3 nitrogen and oxygen atoms in total. The van der Waals surface area contributed by atoms with Gasteiger partial charge in [0, 0.05) is 6.61 Å². The molecule has 0 saturated heterocycles. The molecule has 0 bridgehead atoms. The quantitative estimate of drug-likeness (QED) is 0.366. The van der Waals surface area contributed by atoms with Gasteiger partial charge in [0.05, 0.1) is 20.7 Å². The van der Waals surface area contributed by atoms with Crippen LogP contribution in [0.3, 0.4) is 0 Å². The number of likely N-dealkylation sites (N-methyl/N-ethyl adjacent to an activating group) is 1. The van der Waals surface area contributed by atoms with Crippen LogP contribution in [0.5, 0.6) is 0 Å². The fraction of sp³-hybridized carbons (Fsp3) is 1.00. The summed E-state index contributed by atoms with van der Waals surface area (Å²) in [4.78, 5) is 0. The molecule has 0 aliphatic carbocycles. The summed E-state index contributed by atoms with van der Waals surface area (Å²) in [5.41, 5.74) is 0. The molecule has 0 aromatic heterocycles. The summed E-state index contributed by atoms with van der Waals surface area (Å²) in [6, 6.07) is 0. The molecule has 1 atom stereocenters. The maximum absolute atomic E-state index is 10.2. The maximum atomic E-state index is 10.2. The molecule has 0 spiro atoms. The molecule has 0 heterocycles. The van der Waals surface area contributed by atoms with Crippen molar-refractivity contribution in [2.45, 2.75) is 77.7 Å². The van der Waals surface area contributed by atoms with Gasteiger partial charge in [0.2, 0.25) is 0 Å². The van der Waals surface area contributed by atoms with Gasteiger partial charge in [0.25, 0.3) is 0 Å². The van der Waals surface area contributed by atoms with Crippen molar-refractivity contribution in [3.05, 3.63) is 0 Å². The highest BCUT2D eigenvalue weighted by Crippen LogP contribution is 2.12. The van der Waals surface area contributed by atoms with Crippen LogP contribution in [0.25, 0.3) is 0 Å². The van der Waals surface area contributed by atoms with E-state index < -0.39 is 0 Å². The molecule has 0 rings (SSSR count). The first-order valence-corrected chi connectivity index (χ1v) is 9.09. The maximum Gasteiger partial charge on any atom is 0.105 e. The lowest BCUT2D eigenvalue weighted by Gasteiger charge is -2.31. The summed E-state index contributed by atoms with van der Waals surface area (Å²) in [6.45, 7) is 7.66. The first-order chi connectivity index (χ1) is 10.0. The van der Waals surface area contributed by atoms with Crippen LogP contribution in [0.4, 0.5) is 0 Å². The van der Waals surface area contributed by atoms with Crippen LogP contribution in [-0.2, 0) is 4.74 Å². The van der Waals surface area contributed by atoms with Crippen LogP contribution in [0.2, 0.25) is 0 Å². The third-order valence-electron chi connectivity index (χ3n) is 4.14. The lowest BCUT2D eigenvalue weighted by molar-refractivity contribution is -0.893. The number of hydrogen-bond donors (Lipinski definition) is 1. The molecule has 0 fully saturated rings. The van der Waals surface area contributed by atoms with Gasteiger partial charge in [-0.2, -0.15) is 0 Å². The largest absolute Gasteiger partial charge is 0.387 e. The predicted molar refractivity (Wildman–Crippen MR) is 91.6 cm³/mol. The molecule has 1 N–H and O–H groups in total. The molecule has 0 saturated carbocycles. The molecule has 0 amide bonds. The standard InChI is InChI=1S/C18H40NO2/c1-5-7-8-9-10-11-12-13-14-18(20)17-19(3,4)15-16-21-6-2/h18,20H,5-17H2,1-4H3/q+1. The summed E-state index contributed by atoms with van der Waals surface area (Å²) in [5.74, 6) is 0. The van der Waals surface area contributed by atoms with Crippen LogP contribution in [-0.4, -0.2) is 56.1 Å². The number of aliphatic hydroxyl groups is 1. The van der Waals surface area contributed by atoms with E-state index in [1.165, 1.54) is 51.4 Å². The van der Waals surface area contributed by atoms with E-state index in [0.717, 1.165) is 37.2 Å². The Kier molecular flexibility index (Phi) is 13.5. The van der Waals surface area contributed by atoms with E-state index in [9.17, 15) is 5.11 Å². The Hall–Kier alpha value is -0.120. The van der Waals surface area contributed by atoms with Crippen molar-refractivity contribution in [3.63, 3.8) is 0 Å². The third kappa shape index (κ3) is 14.6. The van der Waals surface area contributed by atoms with Crippen LogP contribution >= 0.6 is 0 Å². The minimum atomic E-state index is -0.165. The molecule has 3 heteroatoms. The van der Waals surface area contributed by atoms with E-state index >= 15 is 0 Å². The first kappa shape index (κ1) is 20.9. The molecule has 0 aliphatic rings. The highest BCUT2D eigenvalue weighted by molar-refractivity contribution is 4.56. The second-order valence-corrected chi connectivity index (χ2v) is 6.96. The third-order valence-corrected chi connectivity index (χ3v) is 4.14. The van der Waals surface area contributed by atoms with Crippen LogP contribution < -0.4 is 0 Å². The van der Waals surface area contributed by atoms with Gasteiger partial charge in [-0.05, 0) is 13.3 Å². The van der Waals surface area contributed by atoms with Crippen LogP contribution in [0, 0.1) is 0 Å². The minimum absolute atomic E-state index is 0.165. The number of rotatable bonds is 15. The van der Waals surface area contributed by atoms with E-state index in [1.807, 2.05) is 6.92 Å². The van der Waals surface area contributed by atoms with E-state index in [-0.39, 0.29) is 6.10 Å². The topological polar surface area (TPSA) is 29.5 Å². The molecular formula is C18H40NO2+. The summed E-state index contributed by atoms with van der Waals surface area (Å²) in [7, 11) is 4.35. The van der Waals surface area contributed by atoms with E-state index in [2.05, 4.69) is 21.0 Å². The van der Waals surface area contributed by atoms with Gasteiger partial charge in [-0.1, -0.05) is 58.3 Å². The Morgan fingerprint density at radius 2 is 1.48 bits per heavy atom. The van der Waals surface area contributed by atoms with Crippen molar-refractivity contribution in [1.82, 2.24) is 0 Å². The second-order valence-electron chi connectivity index (χ2n) is 6.96. The van der Waals surface area contributed by atoms with Crippen molar-refractivity contribution in [2.75, 3.05) is 40.4 Å². The van der Waals surface area contributed by atoms with Crippen molar-refractivity contribution in [2.24, 2.45) is 0 Å². The smallest absolute Gasteiger partial charge is 0.105 e. The van der Waals surface area contributed by atoms with Gasteiger partial charge in [0.1, 0.15) is 19.2 Å². The number of hydrogen-bond acceptors (Lipinski definition) is 2. The Bertz CT molecular complexity index is 219. The summed E-state index contributed by atoms with van der Waals surface area (Å²) >= 11 is 0. The molecule has 1 unspecified atom stereocenters. The van der Waals surface area contributed by atoms with Gasteiger partial charge >= 0.3 is 0 Å². The van der Waals surface area contributed by atoms with Crippen molar-refractivity contribution in [1.29, 1.82) is 0 Å². The zero-order valence-corrected chi connectivity index (χ0v) is 15.1. The minimum Gasteiger partial charge on any atom is -0.387 e. The predicted octanol–water partition coefficient (Wildman–Crippen LogP) is 3.99. The SMILES string of the molecule is CCCCCCCCCCC(O)C[N+](C)(C)CCOCC. The van der Waals surface area contributed by atoms with Crippen LogP contribution in [0.15, 0.2) is 0 Å². The Morgan fingerprint density at radius 1 is 0.905 bits per heavy atom.